The number of esters is 2. The molecule has 0 aliphatic heterocycles. The Hall–Kier alpha value is -3.14. The molecule has 0 aliphatic carbocycles. The first-order chi connectivity index (χ1) is 19.0. The van der Waals surface area contributed by atoms with Crippen LogP contribution >= 0.6 is 0 Å². The van der Waals surface area contributed by atoms with Crippen LogP contribution in [0.2, 0.25) is 0 Å². The van der Waals surface area contributed by atoms with Crippen LogP contribution in [-0.2, 0) is 23.9 Å². The van der Waals surface area contributed by atoms with E-state index in [9.17, 15) is 24.3 Å². The maximum atomic E-state index is 12.6. The Bertz CT molecular complexity index is 1020. The lowest BCUT2D eigenvalue weighted by Gasteiger charge is -2.32. The van der Waals surface area contributed by atoms with Crippen LogP contribution in [0.25, 0.3) is 0 Å². The van der Waals surface area contributed by atoms with Crippen LogP contribution in [0.4, 0.5) is 4.79 Å². The smallest absolute Gasteiger partial charge is 0.480 e. The summed E-state index contributed by atoms with van der Waals surface area (Å²) in [5.74, 6) is -3.01. The molecule has 0 saturated heterocycles. The van der Waals surface area contributed by atoms with Gasteiger partial charge in [0, 0.05) is 24.7 Å². The third-order valence-electron chi connectivity index (χ3n) is 7.13. The van der Waals surface area contributed by atoms with Gasteiger partial charge in [0.15, 0.2) is 11.5 Å². The van der Waals surface area contributed by atoms with Crippen LogP contribution in [0.1, 0.15) is 99.5 Å². The molecule has 0 saturated carbocycles. The van der Waals surface area contributed by atoms with Gasteiger partial charge in [-0.3, -0.25) is 14.4 Å². The van der Waals surface area contributed by atoms with Crippen molar-refractivity contribution in [1.29, 1.82) is 0 Å². The summed E-state index contributed by atoms with van der Waals surface area (Å²) >= 11 is 0. The highest BCUT2D eigenvalue weighted by Gasteiger charge is 2.36. The molecule has 0 aliphatic rings. The summed E-state index contributed by atoms with van der Waals surface area (Å²) < 4.78 is 21.9. The largest absolute Gasteiger partial charge is 0.508 e. The number of rotatable bonds is 16. The fraction of sp³-hybridized carbons (Fsp3) is 0.677. The summed E-state index contributed by atoms with van der Waals surface area (Å²) in [6.45, 7) is 16.9. The first kappa shape index (κ1) is 35.9. The average molecular weight is 580 g/mol. The van der Waals surface area contributed by atoms with Gasteiger partial charge in [-0.2, -0.15) is 0 Å². The van der Waals surface area contributed by atoms with Crippen molar-refractivity contribution in [1.82, 2.24) is 0 Å². The fourth-order valence-corrected chi connectivity index (χ4v) is 3.91. The fourth-order valence-electron chi connectivity index (χ4n) is 3.91. The van der Waals surface area contributed by atoms with Gasteiger partial charge in [-0.1, -0.05) is 54.5 Å². The predicted molar refractivity (Wildman–Crippen MR) is 155 cm³/mol. The van der Waals surface area contributed by atoms with Crippen molar-refractivity contribution in [2.45, 2.75) is 112 Å². The Morgan fingerprint density at radius 3 is 1.71 bits per heavy atom. The average Bonchev–Trinajstić information content (AvgIpc) is 2.87. The van der Waals surface area contributed by atoms with Crippen LogP contribution < -0.4 is 15.2 Å². The van der Waals surface area contributed by atoms with Crippen molar-refractivity contribution in [2.24, 2.45) is 29.4 Å². The molecule has 0 radical (unpaired) electrons. The maximum Gasteiger partial charge on any atom is 0.508 e. The molecular weight excluding hydrogens is 530 g/mol. The van der Waals surface area contributed by atoms with Gasteiger partial charge in [0.1, 0.15) is 18.2 Å². The maximum absolute atomic E-state index is 12.6. The standard InChI is InChI=1S/C31H49NO9/c1-17(2)10-14-26(33)40-24-13-12-23(16-25(24)41-27(34)15-11-18(3)4)28(29(32)30(35)36)20(7)22(9)39-31(37)38-21(8)19(5)6/h12-13,16-22,28-29H,10-11,14-15,32H2,1-9H3,(H,35,36)/t20?,21?,22?,28?,29-/m0/s1. The highest BCUT2D eigenvalue weighted by Crippen LogP contribution is 2.37. The summed E-state index contributed by atoms with van der Waals surface area (Å²) in [5, 5.41) is 9.81. The highest BCUT2D eigenvalue weighted by atomic mass is 16.7. The molecule has 1 aromatic rings. The molecule has 0 bridgehead atoms. The molecule has 0 spiro atoms. The van der Waals surface area contributed by atoms with Crippen LogP contribution in [0.5, 0.6) is 11.5 Å². The third-order valence-corrected chi connectivity index (χ3v) is 7.13. The third kappa shape index (κ3) is 12.5. The second-order valence-corrected chi connectivity index (χ2v) is 11.9. The summed E-state index contributed by atoms with van der Waals surface area (Å²) in [6.07, 6.45) is -0.441. The van der Waals surface area contributed by atoms with E-state index < -0.39 is 48.0 Å². The second kappa shape index (κ2) is 17.0. The molecule has 10 heteroatoms. The Balaban J connectivity index is 3.38. The van der Waals surface area contributed by atoms with Gasteiger partial charge >= 0.3 is 24.1 Å². The number of hydrogen-bond acceptors (Lipinski definition) is 9. The SMILES string of the molecule is CC(C)CCC(=O)Oc1ccc(C(C(C)C(C)OC(=O)OC(C)C(C)C)[C@H](N)C(=O)O)cc1OC(=O)CCC(C)C. The number of carboxylic acid groups (broad SMARTS) is 1. The van der Waals surface area contributed by atoms with E-state index in [4.69, 9.17) is 24.7 Å². The minimum absolute atomic E-state index is 0.0114. The zero-order chi connectivity index (χ0) is 31.4. The minimum atomic E-state index is -1.38. The Kier molecular flexibility index (Phi) is 14.8. The zero-order valence-electron chi connectivity index (χ0n) is 26.0. The number of carbonyl (C=O) groups is 4. The highest BCUT2D eigenvalue weighted by molar-refractivity contribution is 5.77. The molecule has 41 heavy (non-hydrogen) atoms. The van der Waals surface area contributed by atoms with Gasteiger partial charge in [-0.15, -0.1) is 0 Å². The number of carbonyl (C=O) groups excluding carboxylic acids is 3. The zero-order valence-corrected chi connectivity index (χ0v) is 26.0. The Morgan fingerprint density at radius 1 is 0.756 bits per heavy atom. The van der Waals surface area contributed by atoms with Gasteiger partial charge in [0.2, 0.25) is 0 Å². The Morgan fingerprint density at radius 2 is 1.24 bits per heavy atom. The van der Waals surface area contributed by atoms with Gasteiger partial charge in [0.25, 0.3) is 0 Å². The van der Waals surface area contributed by atoms with Gasteiger partial charge in [-0.25, -0.2) is 4.79 Å². The van der Waals surface area contributed by atoms with Gasteiger partial charge < -0.3 is 29.8 Å². The van der Waals surface area contributed by atoms with Gasteiger partial charge in [-0.05, 0) is 62.1 Å². The summed E-state index contributed by atoms with van der Waals surface area (Å²) in [7, 11) is 0. The van der Waals surface area contributed by atoms with E-state index in [2.05, 4.69) is 0 Å². The summed E-state index contributed by atoms with van der Waals surface area (Å²) in [4.78, 5) is 49.5. The quantitative estimate of drug-likeness (QED) is 0.174. The van der Waals surface area contributed by atoms with Crippen molar-refractivity contribution in [3.05, 3.63) is 23.8 Å². The predicted octanol–water partition coefficient (Wildman–Crippen LogP) is 6.09. The number of ether oxygens (including phenoxy) is 4. The van der Waals surface area contributed by atoms with Crippen molar-refractivity contribution in [2.75, 3.05) is 0 Å². The molecule has 0 aromatic heterocycles. The second-order valence-electron chi connectivity index (χ2n) is 11.9. The number of benzene rings is 1. The van der Waals surface area contributed by atoms with Crippen molar-refractivity contribution >= 4 is 24.1 Å². The monoisotopic (exact) mass is 579 g/mol. The van der Waals surface area contributed by atoms with E-state index in [0.717, 1.165) is 0 Å². The van der Waals surface area contributed by atoms with E-state index in [1.54, 1.807) is 26.8 Å². The number of carboxylic acids is 1. The molecule has 1 aromatic carbocycles. The molecule has 232 valence electrons. The first-order valence-corrected chi connectivity index (χ1v) is 14.4. The number of nitrogens with two attached hydrogens (primary N) is 1. The van der Waals surface area contributed by atoms with Crippen LogP contribution in [0, 0.1) is 23.7 Å². The summed E-state index contributed by atoms with van der Waals surface area (Å²) in [5.41, 5.74) is 6.55. The molecule has 0 heterocycles. The van der Waals surface area contributed by atoms with E-state index >= 15 is 0 Å². The van der Waals surface area contributed by atoms with E-state index in [1.807, 2.05) is 41.5 Å². The first-order valence-electron chi connectivity index (χ1n) is 14.4. The van der Waals surface area contributed by atoms with Crippen molar-refractivity contribution < 1.29 is 43.2 Å². The molecular formula is C31H49NO9. The number of aliphatic carboxylic acids is 1. The molecule has 5 atom stereocenters. The minimum Gasteiger partial charge on any atom is -0.480 e. The molecule has 4 unspecified atom stereocenters. The van der Waals surface area contributed by atoms with Gasteiger partial charge in [0.05, 0.1) is 0 Å². The molecule has 1 rings (SSSR count). The van der Waals surface area contributed by atoms with Crippen LogP contribution in [0.3, 0.4) is 0 Å². The lowest BCUT2D eigenvalue weighted by molar-refractivity contribution is -0.140. The number of hydrogen-bond donors (Lipinski definition) is 2. The van der Waals surface area contributed by atoms with Crippen LogP contribution in [0.15, 0.2) is 18.2 Å². The molecule has 0 amide bonds. The lowest BCUT2D eigenvalue weighted by atomic mass is 9.79. The molecule has 3 N–H and O–H groups in total. The molecule has 10 nitrogen and oxygen atoms in total. The van der Waals surface area contributed by atoms with E-state index in [1.165, 1.54) is 12.1 Å². The van der Waals surface area contributed by atoms with Crippen molar-refractivity contribution in [3.63, 3.8) is 0 Å². The summed E-state index contributed by atoms with van der Waals surface area (Å²) in [6, 6.07) is 3.12. The Labute approximate surface area is 244 Å². The van der Waals surface area contributed by atoms with E-state index in [-0.39, 0.29) is 42.3 Å². The lowest BCUT2D eigenvalue weighted by Crippen LogP contribution is -2.43. The normalized spacial score (nSPS) is 15.1. The molecule has 0 fully saturated rings. The van der Waals surface area contributed by atoms with Crippen molar-refractivity contribution in [3.8, 4) is 11.5 Å². The topological polar surface area (TPSA) is 151 Å². The van der Waals surface area contributed by atoms with Crippen LogP contribution in [-0.4, -0.2) is 47.4 Å². The van der Waals surface area contributed by atoms with E-state index in [0.29, 0.717) is 24.3 Å².